The van der Waals surface area contributed by atoms with Gasteiger partial charge in [0.1, 0.15) is 0 Å². The summed E-state index contributed by atoms with van der Waals surface area (Å²) in [6, 6.07) is 0. The van der Waals surface area contributed by atoms with Crippen LogP contribution < -0.4 is 0 Å². The van der Waals surface area contributed by atoms with Gasteiger partial charge in [0.05, 0.1) is 0 Å². The summed E-state index contributed by atoms with van der Waals surface area (Å²) in [5, 5.41) is 0. The summed E-state index contributed by atoms with van der Waals surface area (Å²) in [7, 11) is 0. The lowest BCUT2D eigenvalue weighted by molar-refractivity contribution is 0.597. The Hall–Kier alpha value is 0.770. The molecule has 0 unspecified atom stereocenters. The van der Waals surface area contributed by atoms with Crippen molar-refractivity contribution in [2.75, 3.05) is 0 Å². The average Bonchev–Trinajstić information content (AvgIpc) is 1.60. The molecule has 0 aromatic carbocycles. The van der Waals surface area contributed by atoms with Crippen LogP contribution >= 0.6 is 44.3 Å². The average molecular weight is 264 g/mol. The van der Waals surface area contributed by atoms with Crippen LogP contribution in [0.5, 0.6) is 0 Å². The van der Waals surface area contributed by atoms with Crippen molar-refractivity contribution in [1.82, 2.24) is 0 Å². The Balaban J connectivity index is 4.48. The molecule has 0 atom stereocenters. The van der Waals surface area contributed by atoms with Gasteiger partial charge in [0, 0.05) is 10.3 Å². The Morgan fingerprint density at radius 3 is 2.20 bits per heavy atom. The van der Waals surface area contributed by atoms with Crippen molar-refractivity contribution in [3.63, 3.8) is 0 Å². The molecule has 0 fully saturated rings. The monoisotopic (exact) mass is 262 g/mol. The van der Waals surface area contributed by atoms with E-state index in [1.165, 1.54) is 5.82 Å². The third-order valence-corrected chi connectivity index (χ3v) is 2.67. The quantitative estimate of drug-likeness (QED) is 0.531. The SMILES string of the molecule is C=C(Br)/C(C)=C\P(=O)(Cl)Cl. The number of allylic oxidation sites excluding steroid dienone is 2. The van der Waals surface area contributed by atoms with Gasteiger partial charge in [-0.3, -0.25) is 4.57 Å². The van der Waals surface area contributed by atoms with E-state index in [1.807, 2.05) is 0 Å². The standard InChI is InChI=1S/C5H6BrCl2OP/c1-4(5(2)6)3-10(7,8)9/h3H,2H2,1H3/b4-3-. The maximum atomic E-state index is 10.7. The highest BCUT2D eigenvalue weighted by Crippen LogP contribution is 2.59. The summed E-state index contributed by atoms with van der Waals surface area (Å²) in [5.41, 5.74) is 0.688. The number of hydrogen-bond donors (Lipinski definition) is 0. The van der Waals surface area contributed by atoms with E-state index < -0.39 is 5.85 Å². The first kappa shape index (κ1) is 10.8. The van der Waals surface area contributed by atoms with Crippen LogP contribution in [0.3, 0.4) is 0 Å². The Morgan fingerprint density at radius 2 is 2.10 bits per heavy atom. The summed E-state index contributed by atoms with van der Waals surface area (Å²) in [4.78, 5) is 0. The van der Waals surface area contributed by atoms with Crippen LogP contribution in [-0.2, 0) is 4.57 Å². The topological polar surface area (TPSA) is 17.1 Å². The Bertz CT molecular complexity index is 218. The summed E-state index contributed by atoms with van der Waals surface area (Å²) in [5.74, 6) is -1.80. The molecule has 58 valence electrons. The van der Waals surface area contributed by atoms with E-state index in [4.69, 9.17) is 22.5 Å². The lowest BCUT2D eigenvalue weighted by Gasteiger charge is -1.96. The second-order valence-electron chi connectivity index (χ2n) is 1.72. The highest BCUT2D eigenvalue weighted by atomic mass is 79.9. The molecule has 10 heavy (non-hydrogen) atoms. The van der Waals surface area contributed by atoms with Gasteiger partial charge < -0.3 is 0 Å². The normalized spacial score (nSPS) is 13.4. The molecule has 0 aromatic rings. The largest absolute Gasteiger partial charge is 0.285 e. The highest BCUT2D eigenvalue weighted by Gasteiger charge is 2.09. The zero-order valence-corrected chi connectivity index (χ0v) is 9.27. The second-order valence-corrected chi connectivity index (χ2v) is 7.47. The van der Waals surface area contributed by atoms with Crippen LogP contribution in [0.15, 0.2) is 22.5 Å². The summed E-state index contributed by atoms with van der Waals surface area (Å²) < 4.78 is 11.4. The van der Waals surface area contributed by atoms with Crippen molar-refractivity contribution < 1.29 is 4.57 Å². The lowest BCUT2D eigenvalue weighted by Crippen LogP contribution is -1.69. The minimum atomic E-state index is -3.08. The minimum absolute atomic E-state index is 0.633. The molecule has 0 aromatic heterocycles. The van der Waals surface area contributed by atoms with Crippen molar-refractivity contribution in [2.45, 2.75) is 6.92 Å². The van der Waals surface area contributed by atoms with Crippen molar-refractivity contribution in [3.8, 4) is 0 Å². The molecular formula is C5H6BrCl2OP. The van der Waals surface area contributed by atoms with Gasteiger partial charge in [-0.1, -0.05) is 22.5 Å². The maximum Gasteiger partial charge on any atom is 0.275 e. The van der Waals surface area contributed by atoms with E-state index in [-0.39, 0.29) is 0 Å². The van der Waals surface area contributed by atoms with Crippen molar-refractivity contribution in [2.24, 2.45) is 0 Å². The molecule has 0 radical (unpaired) electrons. The van der Waals surface area contributed by atoms with Gasteiger partial charge in [-0.05, 0) is 35.0 Å². The fourth-order valence-corrected chi connectivity index (χ4v) is 2.07. The predicted octanol–water partition coefficient (Wildman–Crippen LogP) is 4.47. The van der Waals surface area contributed by atoms with Crippen LogP contribution in [0.1, 0.15) is 6.92 Å². The molecule has 0 N–H and O–H groups in total. The number of halogens is 3. The molecule has 0 heterocycles. The van der Waals surface area contributed by atoms with Crippen molar-refractivity contribution >= 4 is 44.3 Å². The third-order valence-electron chi connectivity index (χ3n) is 0.772. The fraction of sp³-hybridized carbons (Fsp3) is 0.200. The molecular weight excluding hydrogens is 258 g/mol. The first-order valence-electron chi connectivity index (χ1n) is 2.36. The van der Waals surface area contributed by atoms with Gasteiger partial charge >= 0.3 is 0 Å². The van der Waals surface area contributed by atoms with E-state index in [0.29, 0.717) is 10.1 Å². The zero-order chi connectivity index (χ0) is 8.36. The third kappa shape index (κ3) is 5.55. The Kier molecular flexibility index (Phi) is 4.27. The van der Waals surface area contributed by atoms with E-state index in [9.17, 15) is 4.57 Å². The van der Waals surface area contributed by atoms with Crippen LogP contribution in [-0.4, -0.2) is 0 Å². The summed E-state index contributed by atoms with van der Waals surface area (Å²) in [6.45, 7) is 5.27. The fourth-order valence-electron chi connectivity index (χ4n) is 0.295. The van der Waals surface area contributed by atoms with E-state index in [1.54, 1.807) is 6.92 Å². The van der Waals surface area contributed by atoms with Gasteiger partial charge in [0.15, 0.2) is 0 Å². The van der Waals surface area contributed by atoms with E-state index >= 15 is 0 Å². The number of rotatable bonds is 2. The van der Waals surface area contributed by atoms with Crippen molar-refractivity contribution in [1.29, 1.82) is 0 Å². The van der Waals surface area contributed by atoms with Crippen molar-refractivity contribution in [3.05, 3.63) is 22.5 Å². The molecule has 0 saturated carbocycles. The summed E-state index contributed by atoms with van der Waals surface area (Å²) in [6.07, 6.45) is 0. The van der Waals surface area contributed by atoms with E-state index in [0.717, 1.165) is 0 Å². The van der Waals surface area contributed by atoms with Gasteiger partial charge in [-0.2, -0.15) is 0 Å². The van der Waals surface area contributed by atoms with Crippen LogP contribution in [0.2, 0.25) is 0 Å². The first-order valence-corrected chi connectivity index (χ1v) is 6.74. The molecule has 0 spiro atoms. The second kappa shape index (κ2) is 3.96. The van der Waals surface area contributed by atoms with Crippen LogP contribution in [0.25, 0.3) is 0 Å². The minimum Gasteiger partial charge on any atom is -0.285 e. The van der Waals surface area contributed by atoms with E-state index in [2.05, 4.69) is 22.5 Å². The predicted molar refractivity (Wildman–Crippen MR) is 51.1 cm³/mol. The van der Waals surface area contributed by atoms with Gasteiger partial charge in [-0.25, -0.2) is 0 Å². The molecule has 0 aliphatic rings. The van der Waals surface area contributed by atoms with Crippen LogP contribution in [0.4, 0.5) is 0 Å². The molecule has 0 aliphatic heterocycles. The first-order chi connectivity index (χ1) is 4.33. The highest BCUT2D eigenvalue weighted by molar-refractivity contribution is 9.11. The van der Waals surface area contributed by atoms with Gasteiger partial charge in [-0.15, -0.1) is 0 Å². The molecule has 0 saturated heterocycles. The lowest BCUT2D eigenvalue weighted by atomic mass is 10.4. The Morgan fingerprint density at radius 1 is 1.70 bits per heavy atom. The summed E-state index contributed by atoms with van der Waals surface area (Å²) >= 11 is 13.6. The molecule has 0 rings (SSSR count). The van der Waals surface area contributed by atoms with Gasteiger partial charge in [0.25, 0.3) is 5.85 Å². The van der Waals surface area contributed by atoms with Gasteiger partial charge in [0.2, 0.25) is 0 Å². The van der Waals surface area contributed by atoms with Crippen LogP contribution in [0, 0.1) is 0 Å². The molecule has 1 nitrogen and oxygen atoms in total. The molecule has 0 aliphatic carbocycles. The smallest absolute Gasteiger partial charge is 0.275 e. The molecule has 0 amide bonds. The number of hydrogen-bond acceptors (Lipinski definition) is 1. The molecule has 5 heteroatoms. The Labute approximate surface area is 78.2 Å². The maximum absolute atomic E-state index is 10.7. The zero-order valence-electron chi connectivity index (χ0n) is 5.27. The molecule has 0 bridgehead atoms.